The molecule has 5 nitrogen and oxygen atoms in total. The van der Waals surface area contributed by atoms with E-state index in [-0.39, 0.29) is 11.9 Å². The first kappa shape index (κ1) is 15.8. The Morgan fingerprint density at radius 2 is 2.06 bits per heavy atom. The molecule has 18 heavy (non-hydrogen) atoms. The third kappa shape index (κ3) is 5.14. The van der Waals surface area contributed by atoms with Crippen LogP contribution in [0.15, 0.2) is 0 Å². The second kappa shape index (κ2) is 8.74. The quantitative estimate of drug-likeness (QED) is 0.701. The number of ether oxygens (including phenoxy) is 1. The van der Waals surface area contributed by atoms with E-state index in [0.717, 1.165) is 51.5 Å². The molecule has 0 spiro atoms. The van der Waals surface area contributed by atoms with Gasteiger partial charge in [-0.05, 0) is 18.4 Å². The summed E-state index contributed by atoms with van der Waals surface area (Å²) in [6, 6.07) is -0.331. The number of piperazine rings is 1. The number of amides is 1. The Hall–Kier alpha value is -0.300. The van der Waals surface area contributed by atoms with Crippen molar-refractivity contribution in [2.24, 2.45) is 5.73 Å². The highest BCUT2D eigenvalue weighted by Gasteiger charge is 2.24. The smallest absolute Gasteiger partial charge is 0.239 e. The molecule has 0 aliphatic carbocycles. The summed E-state index contributed by atoms with van der Waals surface area (Å²) in [5.74, 6) is 1.05. The molecule has 1 aliphatic heterocycles. The third-order valence-corrected chi connectivity index (χ3v) is 3.89. The van der Waals surface area contributed by atoms with Crippen LogP contribution in [0.1, 0.15) is 6.42 Å². The van der Waals surface area contributed by atoms with Gasteiger partial charge in [0, 0.05) is 39.8 Å². The lowest BCUT2D eigenvalue weighted by molar-refractivity contribution is -0.134. The van der Waals surface area contributed by atoms with E-state index in [0.29, 0.717) is 0 Å². The van der Waals surface area contributed by atoms with Crippen molar-refractivity contribution in [1.29, 1.82) is 0 Å². The molecule has 0 aromatic carbocycles. The van der Waals surface area contributed by atoms with E-state index in [1.165, 1.54) is 0 Å². The average molecular weight is 275 g/mol. The number of methoxy groups -OCH3 is 1. The van der Waals surface area contributed by atoms with Crippen LogP contribution in [-0.4, -0.2) is 80.2 Å². The molecular formula is C12H25N3O2S. The Morgan fingerprint density at radius 1 is 1.39 bits per heavy atom. The number of hydrogen-bond donors (Lipinski definition) is 1. The minimum absolute atomic E-state index is 0.107. The van der Waals surface area contributed by atoms with Crippen LogP contribution in [0.5, 0.6) is 0 Å². The Balaban J connectivity index is 2.26. The molecule has 106 valence electrons. The van der Waals surface area contributed by atoms with Crippen LogP contribution in [0.3, 0.4) is 0 Å². The van der Waals surface area contributed by atoms with Crippen LogP contribution in [-0.2, 0) is 9.53 Å². The number of thioether (sulfide) groups is 1. The molecule has 0 aromatic rings. The van der Waals surface area contributed by atoms with Gasteiger partial charge in [-0.15, -0.1) is 0 Å². The number of nitrogens with zero attached hydrogens (tertiary/aromatic N) is 2. The molecule has 1 heterocycles. The molecular weight excluding hydrogens is 250 g/mol. The second-order valence-electron chi connectivity index (χ2n) is 4.55. The van der Waals surface area contributed by atoms with Gasteiger partial charge in [-0.3, -0.25) is 9.69 Å². The van der Waals surface area contributed by atoms with E-state index in [2.05, 4.69) is 4.90 Å². The Morgan fingerprint density at radius 3 is 2.61 bits per heavy atom. The van der Waals surface area contributed by atoms with Crippen LogP contribution < -0.4 is 5.73 Å². The molecule has 0 radical (unpaired) electrons. The van der Waals surface area contributed by atoms with E-state index in [1.807, 2.05) is 11.2 Å². The summed E-state index contributed by atoms with van der Waals surface area (Å²) in [5.41, 5.74) is 5.91. The Kier molecular flexibility index (Phi) is 7.65. The van der Waals surface area contributed by atoms with Crippen molar-refractivity contribution in [2.45, 2.75) is 12.5 Å². The monoisotopic (exact) mass is 275 g/mol. The van der Waals surface area contributed by atoms with Crippen LogP contribution in [0.25, 0.3) is 0 Å². The van der Waals surface area contributed by atoms with Crippen LogP contribution in [0.2, 0.25) is 0 Å². The van der Waals surface area contributed by atoms with Gasteiger partial charge in [0.05, 0.1) is 12.6 Å². The Labute approximate surface area is 114 Å². The van der Waals surface area contributed by atoms with Crippen molar-refractivity contribution >= 4 is 17.7 Å². The van der Waals surface area contributed by atoms with E-state index in [4.69, 9.17) is 10.5 Å². The predicted molar refractivity (Wildman–Crippen MR) is 75.9 cm³/mol. The Bertz CT molecular complexity index is 245. The van der Waals surface area contributed by atoms with Crippen molar-refractivity contribution in [3.8, 4) is 0 Å². The standard InChI is InChI=1S/C12H25N3O2S/c1-17-9-8-14-4-6-15(7-5-14)12(16)11(13)3-10-18-2/h11H,3-10,13H2,1-2H3/t11-/m0/s1. The molecule has 1 atom stereocenters. The lowest BCUT2D eigenvalue weighted by atomic mass is 10.2. The molecule has 2 N–H and O–H groups in total. The van der Waals surface area contributed by atoms with Gasteiger partial charge >= 0.3 is 0 Å². The van der Waals surface area contributed by atoms with Crippen LogP contribution in [0, 0.1) is 0 Å². The maximum atomic E-state index is 12.1. The van der Waals surface area contributed by atoms with Gasteiger partial charge in [0.2, 0.25) is 5.91 Å². The first-order valence-corrected chi connectivity index (χ1v) is 7.83. The first-order valence-electron chi connectivity index (χ1n) is 6.43. The van der Waals surface area contributed by atoms with E-state index < -0.39 is 0 Å². The van der Waals surface area contributed by atoms with Gasteiger partial charge in [0.1, 0.15) is 0 Å². The summed E-state index contributed by atoms with van der Waals surface area (Å²) in [6.07, 6.45) is 2.80. The van der Waals surface area contributed by atoms with Gasteiger partial charge in [-0.1, -0.05) is 0 Å². The van der Waals surface area contributed by atoms with E-state index >= 15 is 0 Å². The number of rotatable bonds is 7. The SMILES string of the molecule is COCCN1CCN(C(=O)[C@@H](N)CCSC)CC1. The molecule has 1 aliphatic rings. The van der Waals surface area contributed by atoms with Crippen molar-refractivity contribution in [1.82, 2.24) is 9.80 Å². The highest BCUT2D eigenvalue weighted by atomic mass is 32.2. The largest absolute Gasteiger partial charge is 0.383 e. The summed E-state index contributed by atoms with van der Waals surface area (Å²) in [5, 5.41) is 0. The minimum Gasteiger partial charge on any atom is -0.383 e. The molecule has 1 fully saturated rings. The third-order valence-electron chi connectivity index (χ3n) is 3.25. The van der Waals surface area contributed by atoms with Gasteiger partial charge < -0.3 is 15.4 Å². The van der Waals surface area contributed by atoms with Crippen molar-refractivity contribution < 1.29 is 9.53 Å². The highest BCUT2D eigenvalue weighted by molar-refractivity contribution is 7.98. The van der Waals surface area contributed by atoms with Crippen molar-refractivity contribution in [3.63, 3.8) is 0 Å². The van der Waals surface area contributed by atoms with E-state index in [9.17, 15) is 4.79 Å². The number of carbonyl (C=O) groups excluding carboxylic acids is 1. The molecule has 0 aromatic heterocycles. The zero-order chi connectivity index (χ0) is 13.4. The number of hydrogen-bond acceptors (Lipinski definition) is 5. The topological polar surface area (TPSA) is 58.8 Å². The fourth-order valence-electron chi connectivity index (χ4n) is 2.02. The molecule has 6 heteroatoms. The number of nitrogens with two attached hydrogens (primary N) is 1. The molecule has 1 saturated heterocycles. The maximum Gasteiger partial charge on any atom is 0.239 e. The summed E-state index contributed by atoms with van der Waals surface area (Å²) >= 11 is 1.73. The van der Waals surface area contributed by atoms with Gasteiger partial charge in [-0.2, -0.15) is 11.8 Å². The first-order chi connectivity index (χ1) is 8.69. The fourth-order valence-corrected chi connectivity index (χ4v) is 2.50. The number of carbonyl (C=O) groups is 1. The van der Waals surface area contributed by atoms with Gasteiger partial charge in [0.25, 0.3) is 0 Å². The average Bonchev–Trinajstić information content (AvgIpc) is 2.42. The van der Waals surface area contributed by atoms with Crippen molar-refractivity contribution in [3.05, 3.63) is 0 Å². The predicted octanol–water partition coefficient (Wildman–Crippen LogP) is -0.143. The van der Waals surface area contributed by atoms with Crippen LogP contribution >= 0.6 is 11.8 Å². The lowest BCUT2D eigenvalue weighted by Crippen LogP contribution is -2.53. The molecule has 0 saturated carbocycles. The zero-order valence-corrected chi connectivity index (χ0v) is 12.2. The van der Waals surface area contributed by atoms with Crippen LogP contribution in [0.4, 0.5) is 0 Å². The minimum atomic E-state index is -0.331. The second-order valence-corrected chi connectivity index (χ2v) is 5.53. The zero-order valence-electron chi connectivity index (χ0n) is 11.4. The maximum absolute atomic E-state index is 12.1. The highest BCUT2D eigenvalue weighted by Crippen LogP contribution is 2.06. The summed E-state index contributed by atoms with van der Waals surface area (Å²) in [7, 11) is 1.71. The summed E-state index contributed by atoms with van der Waals surface area (Å²) < 4.78 is 5.06. The summed E-state index contributed by atoms with van der Waals surface area (Å²) in [4.78, 5) is 16.3. The fraction of sp³-hybridized carbons (Fsp3) is 0.917. The summed E-state index contributed by atoms with van der Waals surface area (Å²) in [6.45, 7) is 5.11. The molecule has 0 unspecified atom stereocenters. The van der Waals surface area contributed by atoms with Gasteiger partial charge in [-0.25, -0.2) is 0 Å². The van der Waals surface area contributed by atoms with Crippen molar-refractivity contribution in [2.75, 3.05) is 58.4 Å². The molecule has 1 amide bonds. The van der Waals surface area contributed by atoms with Gasteiger partial charge in [0.15, 0.2) is 0 Å². The molecule has 0 bridgehead atoms. The molecule has 1 rings (SSSR count). The lowest BCUT2D eigenvalue weighted by Gasteiger charge is -2.35. The van der Waals surface area contributed by atoms with E-state index in [1.54, 1.807) is 18.9 Å². The normalized spacial score (nSPS) is 18.9.